The third-order valence-electron chi connectivity index (χ3n) is 4.83. The lowest BCUT2D eigenvalue weighted by molar-refractivity contribution is 0.0669. The van der Waals surface area contributed by atoms with Crippen LogP contribution >= 0.6 is 11.6 Å². The summed E-state index contributed by atoms with van der Waals surface area (Å²) in [7, 11) is 0. The molecule has 0 radical (unpaired) electrons. The van der Waals surface area contributed by atoms with Crippen LogP contribution in [-0.4, -0.2) is 34.2 Å². The first-order chi connectivity index (χ1) is 12.6. The molecule has 134 valence electrons. The van der Waals surface area contributed by atoms with Crippen LogP contribution in [0.4, 0.5) is 4.39 Å². The number of aromatic nitrogens is 1. The number of fused-ring (bicyclic) bond motifs is 1. The van der Waals surface area contributed by atoms with Crippen molar-refractivity contribution in [2.75, 3.05) is 13.1 Å². The summed E-state index contributed by atoms with van der Waals surface area (Å²) in [5.41, 5.74) is 3.41. The second-order valence-electron chi connectivity index (χ2n) is 6.87. The number of hydrogen-bond acceptors (Lipinski definition) is 3. The molecule has 1 fully saturated rings. The maximum Gasteiger partial charge on any atom is 0.125 e. The summed E-state index contributed by atoms with van der Waals surface area (Å²) in [4.78, 5) is 6.99. The van der Waals surface area contributed by atoms with Crippen LogP contribution in [0.3, 0.4) is 0 Å². The minimum absolute atomic E-state index is 0.277. The first kappa shape index (κ1) is 17.4. The topological polar surface area (TPSA) is 36.4 Å². The summed E-state index contributed by atoms with van der Waals surface area (Å²) in [6.07, 6.45) is 1.56. The summed E-state index contributed by atoms with van der Waals surface area (Å²) >= 11 is 6.17. The lowest BCUT2D eigenvalue weighted by atomic mass is 10.0. The fourth-order valence-electron chi connectivity index (χ4n) is 3.61. The number of aliphatic hydroxyl groups excluding tert-OH is 1. The molecule has 3 aromatic rings. The van der Waals surface area contributed by atoms with Gasteiger partial charge in [0.15, 0.2) is 0 Å². The number of rotatable bonds is 3. The molecule has 4 rings (SSSR count). The van der Waals surface area contributed by atoms with Crippen LogP contribution in [0.25, 0.3) is 22.2 Å². The third-order valence-corrected chi connectivity index (χ3v) is 5.07. The highest BCUT2D eigenvalue weighted by Gasteiger charge is 2.20. The van der Waals surface area contributed by atoms with Gasteiger partial charge in [-0.15, -0.1) is 0 Å². The van der Waals surface area contributed by atoms with Gasteiger partial charge in [-0.05, 0) is 55.3 Å². The maximum atomic E-state index is 13.7. The van der Waals surface area contributed by atoms with Gasteiger partial charge in [0.25, 0.3) is 0 Å². The van der Waals surface area contributed by atoms with Crippen LogP contribution in [0.1, 0.15) is 18.4 Å². The number of likely N-dealkylation sites (tertiary alicyclic amines) is 1. The molecule has 0 bridgehead atoms. The molecule has 0 spiro atoms. The fraction of sp³-hybridized carbons (Fsp3) is 0.286. The summed E-state index contributed by atoms with van der Waals surface area (Å²) in [6, 6.07) is 14.3. The lowest BCUT2D eigenvalue weighted by Gasteiger charge is -2.30. The monoisotopic (exact) mass is 370 g/mol. The Kier molecular flexibility index (Phi) is 4.90. The molecule has 1 saturated heterocycles. The van der Waals surface area contributed by atoms with Crippen molar-refractivity contribution in [1.29, 1.82) is 0 Å². The van der Waals surface area contributed by atoms with Crippen molar-refractivity contribution in [2.45, 2.75) is 25.5 Å². The van der Waals surface area contributed by atoms with Gasteiger partial charge < -0.3 is 5.11 Å². The Labute approximate surface area is 157 Å². The number of halogens is 2. The summed E-state index contributed by atoms with van der Waals surface area (Å²) in [5, 5.41) is 11.5. The van der Waals surface area contributed by atoms with Gasteiger partial charge in [0.05, 0.1) is 17.3 Å². The number of β-amino-alcohol motifs (C(OH)–C–C–N with tert-alkyl or cyclic N) is 1. The van der Waals surface area contributed by atoms with Gasteiger partial charge in [0, 0.05) is 35.1 Å². The largest absolute Gasteiger partial charge is 0.392 e. The van der Waals surface area contributed by atoms with E-state index in [0.29, 0.717) is 23.6 Å². The number of hydrogen-bond donors (Lipinski definition) is 1. The molecule has 0 saturated carbocycles. The van der Waals surface area contributed by atoms with Crippen molar-refractivity contribution in [3.63, 3.8) is 0 Å². The summed E-state index contributed by atoms with van der Waals surface area (Å²) < 4.78 is 13.7. The number of pyridine rings is 1. The average Bonchev–Trinajstić information content (AvgIpc) is 2.61. The minimum atomic E-state index is -0.297. The first-order valence-corrected chi connectivity index (χ1v) is 9.22. The van der Waals surface area contributed by atoms with Gasteiger partial charge in [-0.3, -0.25) is 4.90 Å². The maximum absolute atomic E-state index is 13.7. The number of nitrogens with zero attached hydrogens (tertiary/aromatic N) is 2. The molecule has 2 heterocycles. The molecule has 3 nitrogen and oxygen atoms in total. The van der Waals surface area contributed by atoms with Crippen LogP contribution < -0.4 is 0 Å². The van der Waals surface area contributed by atoms with E-state index in [-0.39, 0.29) is 11.9 Å². The van der Waals surface area contributed by atoms with Gasteiger partial charge in [-0.1, -0.05) is 23.7 Å². The van der Waals surface area contributed by atoms with Crippen LogP contribution in [0.2, 0.25) is 5.02 Å². The normalized spacial score (nSPS) is 18.3. The summed E-state index contributed by atoms with van der Waals surface area (Å²) in [5.74, 6) is -0.297. The predicted molar refractivity (Wildman–Crippen MR) is 103 cm³/mol. The van der Waals surface area contributed by atoms with E-state index in [1.807, 2.05) is 24.3 Å². The fourth-order valence-corrected chi connectivity index (χ4v) is 3.80. The van der Waals surface area contributed by atoms with Crippen molar-refractivity contribution >= 4 is 22.5 Å². The second-order valence-corrected chi connectivity index (χ2v) is 7.31. The molecule has 1 aromatic heterocycles. The highest BCUT2D eigenvalue weighted by atomic mass is 35.5. The summed E-state index contributed by atoms with van der Waals surface area (Å²) in [6.45, 7) is 2.31. The van der Waals surface area contributed by atoms with Crippen molar-refractivity contribution < 1.29 is 9.50 Å². The Bertz CT molecular complexity index is 946. The molecular formula is C21H20ClFN2O. The van der Waals surface area contributed by atoms with Gasteiger partial charge in [-0.2, -0.15) is 0 Å². The van der Waals surface area contributed by atoms with E-state index < -0.39 is 0 Å². The molecule has 2 aromatic carbocycles. The molecule has 26 heavy (non-hydrogen) atoms. The molecule has 1 N–H and O–H groups in total. The number of piperidine rings is 1. The molecule has 1 aliphatic heterocycles. The zero-order valence-electron chi connectivity index (χ0n) is 14.3. The zero-order chi connectivity index (χ0) is 18.1. The molecular weight excluding hydrogens is 351 g/mol. The van der Waals surface area contributed by atoms with Crippen LogP contribution in [0.5, 0.6) is 0 Å². The molecule has 1 unspecified atom stereocenters. The average molecular weight is 371 g/mol. The molecule has 5 heteroatoms. The number of aliphatic hydroxyl groups is 1. The van der Waals surface area contributed by atoms with E-state index in [1.54, 1.807) is 6.07 Å². The second kappa shape index (κ2) is 7.31. The Morgan fingerprint density at radius 1 is 1.19 bits per heavy atom. The smallest absolute Gasteiger partial charge is 0.125 e. The van der Waals surface area contributed by atoms with E-state index in [1.165, 1.54) is 12.1 Å². The van der Waals surface area contributed by atoms with E-state index in [4.69, 9.17) is 16.6 Å². The van der Waals surface area contributed by atoms with Crippen molar-refractivity contribution in [3.8, 4) is 11.3 Å². The Morgan fingerprint density at radius 2 is 2.08 bits per heavy atom. The van der Waals surface area contributed by atoms with Gasteiger partial charge >= 0.3 is 0 Å². The Morgan fingerprint density at radius 3 is 2.88 bits per heavy atom. The van der Waals surface area contributed by atoms with E-state index >= 15 is 0 Å². The Hall–Kier alpha value is -2.01. The SMILES string of the molecule is OC1CCCN(Cc2cc3ccc(F)cc3nc2-c2cccc(Cl)c2)C1. The van der Waals surface area contributed by atoms with Gasteiger partial charge in [0.1, 0.15) is 5.82 Å². The zero-order valence-corrected chi connectivity index (χ0v) is 15.1. The molecule has 0 amide bonds. The quantitative estimate of drug-likeness (QED) is 0.729. The highest BCUT2D eigenvalue weighted by molar-refractivity contribution is 6.30. The standard InChI is InChI=1S/C21H20ClFN2O/c22-17-4-1-3-15(10-17)21-16(12-25-8-2-5-19(26)13-25)9-14-6-7-18(23)11-20(14)24-21/h1,3-4,6-7,9-11,19,26H,2,5,8,12-13H2. The first-order valence-electron chi connectivity index (χ1n) is 8.84. The van der Waals surface area contributed by atoms with Crippen LogP contribution in [0.15, 0.2) is 48.5 Å². The van der Waals surface area contributed by atoms with Crippen LogP contribution in [0, 0.1) is 5.82 Å². The molecule has 0 aliphatic carbocycles. The van der Waals surface area contributed by atoms with E-state index in [0.717, 1.165) is 41.6 Å². The van der Waals surface area contributed by atoms with Crippen LogP contribution in [-0.2, 0) is 6.54 Å². The van der Waals surface area contributed by atoms with E-state index in [2.05, 4.69) is 11.0 Å². The van der Waals surface area contributed by atoms with Gasteiger partial charge in [0.2, 0.25) is 0 Å². The molecule has 1 aliphatic rings. The van der Waals surface area contributed by atoms with Crippen molar-refractivity contribution in [3.05, 3.63) is 64.9 Å². The minimum Gasteiger partial charge on any atom is -0.392 e. The number of benzene rings is 2. The van der Waals surface area contributed by atoms with Crippen molar-refractivity contribution in [1.82, 2.24) is 9.88 Å². The predicted octanol–water partition coefficient (Wildman–Crippen LogP) is 4.65. The molecule has 1 atom stereocenters. The van der Waals surface area contributed by atoms with E-state index in [9.17, 15) is 9.50 Å². The van der Waals surface area contributed by atoms with Crippen molar-refractivity contribution in [2.24, 2.45) is 0 Å². The third kappa shape index (κ3) is 3.73. The highest BCUT2D eigenvalue weighted by Crippen LogP contribution is 2.29. The lowest BCUT2D eigenvalue weighted by Crippen LogP contribution is -2.37. The van der Waals surface area contributed by atoms with Gasteiger partial charge in [-0.25, -0.2) is 9.37 Å². The Balaban J connectivity index is 1.80.